The predicted molar refractivity (Wildman–Crippen MR) is 79.1 cm³/mol. The SMILES string of the molecule is O=C1CCC(NC(=O)c2cc3ccccc3cc2O)CN1. The first kappa shape index (κ1) is 13.4. The third kappa shape index (κ3) is 2.81. The monoisotopic (exact) mass is 284 g/mol. The van der Waals surface area contributed by atoms with E-state index < -0.39 is 0 Å². The fraction of sp³-hybridized carbons (Fsp3) is 0.250. The van der Waals surface area contributed by atoms with Gasteiger partial charge in [-0.2, -0.15) is 0 Å². The van der Waals surface area contributed by atoms with Gasteiger partial charge in [0, 0.05) is 19.0 Å². The number of nitrogens with one attached hydrogen (secondary N) is 2. The Labute approximate surface area is 122 Å². The van der Waals surface area contributed by atoms with Crippen molar-refractivity contribution in [2.75, 3.05) is 6.54 Å². The molecule has 5 heteroatoms. The van der Waals surface area contributed by atoms with Crippen LogP contribution in [0, 0.1) is 0 Å². The Kier molecular flexibility index (Phi) is 3.48. The second-order valence-corrected chi connectivity index (χ2v) is 5.23. The minimum absolute atomic E-state index is 0.00838. The maximum absolute atomic E-state index is 12.3. The van der Waals surface area contributed by atoms with Crippen molar-refractivity contribution in [1.82, 2.24) is 10.6 Å². The molecule has 1 atom stereocenters. The van der Waals surface area contributed by atoms with Gasteiger partial charge in [0.15, 0.2) is 0 Å². The molecule has 1 aliphatic rings. The summed E-state index contributed by atoms with van der Waals surface area (Å²) < 4.78 is 0. The maximum atomic E-state index is 12.3. The van der Waals surface area contributed by atoms with Crippen LogP contribution in [0.3, 0.4) is 0 Å². The molecule has 2 amide bonds. The molecule has 0 aliphatic carbocycles. The van der Waals surface area contributed by atoms with Gasteiger partial charge in [0.25, 0.3) is 5.91 Å². The van der Waals surface area contributed by atoms with Gasteiger partial charge in [-0.05, 0) is 29.3 Å². The van der Waals surface area contributed by atoms with Crippen molar-refractivity contribution >= 4 is 22.6 Å². The van der Waals surface area contributed by atoms with Crippen LogP contribution in [0.4, 0.5) is 0 Å². The summed E-state index contributed by atoms with van der Waals surface area (Å²) in [5, 5.41) is 17.4. The van der Waals surface area contributed by atoms with E-state index in [0.717, 1.165) is 10.8 Å². The Bertz CT molecular complexity index is 702. The number of carbonyl (C=O) groups excluding carboxylic acids is 2. The van der Waals surface area contributed by atoms with Crippen LogP contribution >= 0.6 is 0 Å². The summed E-state index contributed by atoms with van der Waals surface area (Å²) in [4.78, 5) is 23.4. The molecule has 0 radical (unpaired) electrons. The van der Waals surface area contributed by atoms with Crippen LogP contribution in [0.5, 0.6) is 5.75 Å². The Morgan fingerprint density at radius 2 is 1.95 bits per heavy atom. The lowest BCUT2D eigenvalue weighted by atomic mass is 10.0. The minimum atomic E-state index is -0.320. The van der Waals surface area contributed by atoms with E-state index >= 15 is 0 Å². The highest BCUT2D eigenvalue weighted by atomic mass is 16.3. The molecule has 108 valence electrons. The van der Waals surface area contributed by atoms with Gasteiger partial charge >= 0.3 is 0 Å². The van der Waals surface area contributed by atoms with Crippen LogP contribution in [-0.4, -0.2) is 29.5 Å². The number of amides is 2. The lowest BCUT2D eigenvalue weighted by Gasteiger charge is -2.23. The first-order valence-electron chi connectivity index (χ1n) is 6.93. The number of hydrogen-bond acceptors (Lipinski definition) is 3. The molecule has 0 aromatic heterocycles. The number of phenolic OH excluding ortho intramolecular Hbond substituents is 1. The Balaban J connectivity index is 1.81. The summed E-state index contributed by atoms with van der Waals surface area (Å²) in [5.74, 6) is -0.348. The molecule has 3 N–H and O–H groups in total. The van der Waals surface area contributed by atoms with E-state index in [9.17, 15) is 14.7 Å². The highest BCUT2D eigenvalue weighted by molar-refractivity contribution is 6.01. The van der Waals surface area contributed by atoms with Crippen LogP contribution in [0.25, 0.3) is 10.8 Å². The molecule has 2 aromatic carbocycles. The van der Waals surface area contributed by atoms with E-state index in [1.54, 1.807) is 12.1 Å². The van der Waals surface area contributed by atoms with Crippen LogP contribution in [-0.2, 0) is 4.79 Å². The van der Waals surface area contributed by atoms with Crippen molar-refractivity contribution in [2.45, 2.75) is 18.9 Å². The van der Waals surface area contributed by atoms with Crippen LogP contribution in [0.2, 0.25) is 0 Å². The Morgan fingerprint density at radius 3 is 2.62 bits per heavy atom. The molecule has 5 nitrogen and oxygen atoms in total. The predicted octanol–water partition coefficient (Wildman–Crippen LogP) is 1.55. The fourth-order valence-electron chi connectivity index (χ4n) is 2.53. The van der Waals surface area contributed by atoms with Gasteiger partial charge in [0.05, 0.1) is 5.56 Å². The van der Waals surface area contributed by atoms with Crippen LogP contribution in [0.15, 0.2) is 36.4 Å². The van der Waals surface area contributed by atoms with E-state index in [1.165, 1.54) is 0 Å². The number of piperidine rings is 1. The molecule has 2 aromatic rings. The Hall–Kier alpha value is -2.56. The third-order valence-electron chi connectivity index (χ3n) is 3.71. The topological polar surface area (TPSA) is 78.4 Å². The largest absolute Gasteiger partial charge is 0.507 e. The van der Waals surface area contributed by atoms with Crippen molar-refractivity contribution in [2.24, 2.45) is 0 Å². The van der Waals surface area contributed by atoms with Gasteiger partial charge < -0.3 is 15.7 Å². The number of fused-ring (bicyclic) bond motifs is 1. The second-order valence-electron chi connectivity index (χ2n) is 5.23. The average molecular weight is 284 g/mol. The molecule has 0 saturated carbocycles. The van der Waals surface area contributed by atoms with Gasteiger partial charge in [-0.3, -0.25) is 9.59 Å². The summed E-state index contributed by atoms with van der Waals surface area (Å²) in [6.07, 6.45) is 1.03. The fourth-order valence-corrected chi connectivity index (χ4v) is 2.53. The second kappa shape index (κ2) is 5.44. The molecule has 1 aliphatic heterocycles. The van der Waals surface area contributed by atoms with E-state index in [1.807, 2.05) is 24.3 Å². The zero-order chi connectivity index (χ0) is 14.8. The third-order valence-corrected chi connectivity index (χ3v) is 3.71. The number of benzene rings is 2. The zero-order valence-corrected chi connectivity index (χ0v) is 11.4. The highest BCUT2D eigenvalue weighted by Crippen LogP contribution is 2.25. The van der Waals surface area contributed by atoms with Crippen molar-refractivity contribution < 1.29 is 14.7 Å². The smallest absolute Gasteiger partial charge is 0.255 e. The highest BCUT2D eigenvalue weighted by Gasteiger charge is 2.21. The number of aromatic hydroxyl groups is 1. The van der Waals surface area contributed by atoms with Gasteiger partial charge in [0.1, 0.15) is 5.75 Å². The van der Waals surface area contributed by atoms with E-state index in [4.69, 9.17) is 0 Å². The van der Waals surface area contributed by atoms with Gasteiger partial charge in [-0.1, -0.05) is 24.3 Å². The number of rotatable bonds is 2. The average Bonchev–Trinajstić information content (AvgIpc) is 2.49. The first-order chi connectivity index (χ1) is 10.1. The molecule has 1 unspecified atom stereocenters. The van der Waals surface area contributed by atoms with Crippen LogP contribution < -0.4 is 10.6 Å². The normalized spacial score (nSPS) is 18.3. The molecular weight excluding hydrogens is 268 g/mol. The van der Waals surface area contributed by atoms with Crippen molar-refractivity contribution in [3.8, 4) is 5.75 Å². The van der Waals surface area contributed by atoms with E-state index in [0.29, 0.717) is 19.4 Å². The molecule has 1 fully saturated rings. The standard InChI is InChI=1S/C16H16N2O3/c19-14-8-11-4-2-1-3-10(11)7-13(14)16(21)18-12-5-6-15(20)17-9-12/h1-4,7-8,12,19H,5-6,9H2,(H,17,20)(H,18,21). The van der Waals surface area contributed by atoms with E-state index in [-0.39, 0.29) is 29.2 Å². The maximum Gasteiger partial charge on any atom is 0.255 e. The molecule has 3 rings (SSSR count). The Morgan fingerprint density at radius 1 is 1.24 bits per heavy atom. The quantitative estimate of drug-likeness (QED) is 0.783. The molecule has 0 bridgehead atoms. The first-order valence-corrected chi connectivity index (χ1v) is 6.93. The number of phenols is 1. The lowest BCUT2D eigenvalue weighted by molar-refractivity contribution is -0.122. The summed E-state index contributed by atoms with van der Waals surface area (Å²) in [6.45, 7) is 0.429. The van der Waals surface area contributed by atoms with Crippen molar-refractivity contribution in [3.05, 3.63) is 42.0 Å². The summed E-state index contributed by atoms with van der Waals surface area (Å²) in [6, 6.07) is 10.7. The minimum Gasteiger partial charge on any atom is -0.507 e. The zero-order valence-electron chi connectivity index (χ0n) is 11.4. The molecule has 1 heterocycles. The molecule has 0 spiro atoms. The van der Waals surface area contributed by atoms with E-state index in [2.05, 4.69) is 10.6 Å². The van der Waals surface area contributed by atoms with Crippen LogP contribution in [0.1, 0.15) is 23.2 Å². The molecule has 21 heavy (non-hydrogen) atoms. The molecule has 1 saturated heterocycles. The summed E-state index contributed by atoms with van der Waals surface area (Å²) in [5.41, 5.74) is 0.255. The molecular formula is C16H16N2O3. The summed E-state index contributed by atoms with van der Waals surface area (Å²) in [7, 11) is 0. The van der Waals surface area contributed by atoms with Gasteiger partial charge in [-0.25, -0.2) is 0 Å². The van der Waals surface area contributed by atoms with Gasteiger partial charge in [-0.15, -0.1) is 0 Å². The number of carbonyl (C=O) groups is 2. The summed E-state index contributed by atoms with van der Waals surface area (Å²) >= 11 is 0. The number of hydrogen-bond donors (Lipinski definition) is 3. The van der Waals surface area contributed by atoms with Crippen molar-refractivity contribution in [1.29, 1.82) is 0 Å². The van der Waals surface area contributed by atoms with Crippen molar-refractivity contribution in [3.63, 3.8) is 0 Å². The van der Waals surface area contributed by atoms with Gasteiger partial charge in [0.2, 0.25) is 5.91 Å². The lowest BCUT2D eigenvalue weighted by Crippen LogP contribution is -2.47.